The molecule has 29 heavy (non-hydrogen) atoms. The molecule has 0 saturated heterocycles. The Morgan fingerprint density at radius 3 is 3.07 bits per heavy atom. The number of benzene rings is 1. The van der Waals surface area contributed by atoms with Crippen LogP contribution in [0, 0.1) is 0 Å². The fraction of sp³-hybridized carbons (Fsp3) is 0.474. The van der Waals surface area contributed by atoms with Gasteiger partial charge in [-0.3, -0.25) is 0 Å². The van der Waals surface area contributed by atoms with Gasteiger partial charge < -0.3 is 15.2 Å². The lowest BCUT2D eigenvalue weighted by molar-refractivity contribution is 0.206. The van der Waals surface area contributed by atoms with Gasteiger partial charge in [-0.25, -0.2) is 18.8 Å². The number of nitrogens with one attached hydrogen (secondary N) is 1. The molecule has 1 unspecified atom stereocenters. The number of nitrogens with two attached hydrogens (primary N) is 1. The van der Waals surface area contributed by atoms with Gasteiger partial charge in [-0.05, 0) is 53.9 Å². The Hall–Kier alpha value is -2.43. The van der Waals surface area contributed by atoms with Crippen LogP contribution in [0.15, 0.2) is 21.5 Å². The van der Waals surface area contributed by atoms with E-state index >= 15 is 0 Å². The Morgan fingerprint density at radius 2 is 2.31 bits per heavy atom. The van der Waals surface area contributed by atoms with Crippen molar-refractivity contribution in [2.45, 2.75) is 49.5 Å². The third-order valence-electron chi connectivity index (χ3n) is 6.00. The van der Waals surface area contributed by atoms with Gasteiger partial charge in [0, 0.05) is 5.69 Å². The van der Waals surface area contributed by atoms with E-state index in [1.807, 2.05) is 0 Å². The molecule has 10 heteroatoms. The summed E-state index contributed by atoms with van der Waals surface area (Å²) in [7, 11) is -3.55. The second-order valence-electron chi connectivity index (χ2n) is 7.92. The first-order valence-corrected chi connectivity index (χ1v) is 11.3. The molecule has 1 aliphatic heterocycles. The fourth-order valence-electron chi connectivity index (χ4n) is 4.61. The van der Waals surface area contributed by atoms with E-state index in [0.29, 0.717) is 5.92 Å². The number of ether oxygens (including phenoxy) is 1. The Morgan fingerprint density at radius 1 is 1.48 bits per heavy atom. The monoisotopic (exact) mass is 417 g/mol. The van der Waals surface area contributed by atoms with Gasteiger partial charge in [0.1, 0.15) is 17.5 Å². The minimum atomic E-state index is -3.55. The molecule has 4 N–H and O–H groups in total. The maximum Gasteiger partial charge on any atom is 0.354 e. The molecule has 9 nitrogen and oxygen atoms in total. The van der Waals surface area contributed by atoms with Gasteiger partial charge in [0.15, 0.2) is 9.92 Å². The summed E-state index contributed by atoms with van der Waals surface area (Å²) in [5.41, 5.74) is 5.66. The number of carbonyl (C=O) groups excluding carboxylic acids is 1. The number of aryl methyl sites for hydroxylation is 1. The summed E-state index contributed by atoms with van der Waals surface area (Å²) in [6, 6.07) is 1.15. The summed E-state index contributed by atoms with van der Waals surface area (Å²) < 4.78 is 23.7. The third-order valence-corrected chi connectivity index (χ3v) is 7.35. The predicted octanol–water partition coefficient (Wildman–Crippen LogP) is 1.89. The summed E-state index contributed by atoms with van der Waals surface area (Å²) in [5, 5.41) is 22.2. The van der Waals surface area contributed by atoms with E-state index in [2.05, 4.69) is 27.8 Å². The van der Waals surface area contributed by atoms with Crippen molar-refractivity contribution in [3.8, 4) is 5.88 Å². The molecule has 3 aliphatic rings. The van der Waals surface area contributed by atoms with Crippen LogP contribution in [0.1, 0.15) is 47.6 Å². The lowest BCUT2D eigenvalue weighted by Gasteiger charge is -2.31. The van der Waals surface area contributed by atoms with Gasteiger partial charge in [-0.15, -0.1) is 4.36 Å². The van der Waals surface area contributed by atoms with Crippen LogP contribution in [0.3, 0.4) is 0 Å². The first-order valence-electron chi connectivity index (χ1n) is 9.73. The van der Waals surface area contributed by atoms with E-state index in [9.17, 15) is 14.1 Å². The second kappa shape index (κ2) is 6.54. The molecule has 1 aromatic carbocycles. The van der Waals surface area contributed by atoms with E-state index in [4.69, 9.17) is 9.88 Å². The molecule has 1 aromatic heterocycles. The molecule has 0 fully saturated rings. The summed E-state index contributed by atoms with van der Waals surface area (Å²) in [6.45, 7) is 2.17. The van der Waals surface area contributed by atoms with Crippen molar-refractivity contribution in [3.05, 3.63) is 34.5 Å². The van der Waals surface area contributed by atoms with Gasteiger partial charge in [-0.1, -0.05) is 13.0 Å². The number of hydrogen-bond acceptors (Lipinski definition) is 5. The average Bonchev–Trinajstić information content (AvgIpc) is 3.35. The number of hydrogen-bond donors (Lipinski definition) is 3. The van der Waals surface area contributed by atoms with Gasteiger partial charge in [0.05, 0.1) is 12.8 Å². The number of carbonyl (C=O) groups is 1. The Labute approximate surface area is 168 Å². The standard InChI is InChI=1S/C19H23N5O4S/c1-10-5-12-6-11-3-2-4-14(11)17(16(10)12)22-19(26)23-29(20,27)15-7-21-24-13(8-25)9-28-18(15)24/h6-7,10,13,25H,2-5,8-9H2,1H3,(H3,20,22,23,26,27)/t10-,13-,29?/m1/s1. The van der Waals surface area contributed by atoms with Crippen LogP contribution in [-0.2, 0) is 29.2 Å². The van der Waals surface area contributed by atoms with E-state index in [0.717, 1.165) is 42.5 Å². The topological polar surface area (TPSA) is 132 Å². The molecule has 3 atom stereocenters. The van der Waals surface area contributed by atoms with Crippen LogP contribution in [0.25, 0.3) is 0 Å². The molecule has 5 rings (SSSR count). The number of amides is 2. The van der Waals surface area contributed by atoms with Crippen molar-refractivity contribution >= 4 is 21.6 Å². The van der Waals surface area contributed by atoms with Gasteiger partial charge in [0.25, 0.3) is 0 Å². The van der Waals surface area contributed by atoms with Gasteiger partial charge >= 0.3 is 6.03 Å². The molecule has 0 bridgehead atoms. The molecular formula is C19H23N5O4S. The van der Waals surface area contributed by atoms with E-state index in [1.165, 1.54) is 22.0 Å². The third kappa shape index (κ3) is 2.85. The summed E-state index contributed by atoms with van der Waals surface area (Å²) in [6.07, 6.45) is 5.27. The Balaban J connectivity index is 1.48. The molecule has 154 valence electrons. The van der Waals surface area contributed by atoms with Crippen molar-refractivity contribution in [2.24, 2.45) is 9.50 Å². The van der Waals surface area contributed by atoms with Gasteiger partial charge in [-0.2, -0.15) is 5.10 Å². The maximum absolute atomic E-state index is 13.0. The summed E-state index contributed by atoms with van der Waals surface area (Å²) >= 11 is 0. The first kappa shape index (κ1) is 18.6. The number of urea groups is 1. The van der Waals surface area contributed by atoms with Gasteiger partial charge in [0.2, 0.25) is 5.88 Å². The number of anilines is 1. The van der Waals surface area contributed by atoms with Crippen molar-refractivity contribution < 1.29 is 18.8 Å². The zero-order valence-electron chi connectivity index (χ0n) is 16.1. The zero-order chi connectivity index (χ0) is 20.3. The van der Waals surface area contributed by atoms with E-state index < -0.39 is 15.9 Å². The van der Waals surface area contributed by atoms with Crippen molar-refractivity contribution in [1.82, 2.24) is 9.78 Å². The van der Waals surface area contributed by atoms with Crippen LogP contribution in [0.5, 0.6) is 5.88 Å². The van der Waals surface area contributed by atoms with Crippen molar-refractivity contribution in [3.63, 3.8) is 0 Å². The lowest BCUT2D eigenvalue weighted by Crippen LogP contribution is -2.23. The number of nitrogens with zero attached hydrogens (tertiary/aromatic N) is 3. The van der Waals surface area contributed by atoms with E-state index in [1.54, 1.807) is 0 Å². The quantitative estimate of drug-likeness (QED) is 0.702. The van der Waals surface area contributed by atoms with Crippen LogP contribution in [0.4, 0.5) is 10.5 Å². The fourth-order valence-corrected chi connectivity index (χ4v) is 5.60. The normalized spacial score (nSPS) is 23.3. The van der Waals surface area contributed by atoms with Crippen LogP contribution >= 0.6 is 0 Å². The SMILES string of the molecule is C[C@@H]1Cc2cc3c(c(NC(=O)N=S(N)(=O)c4cnn5c4OC[C@H]5CO)c21)CCC3. The van der Waals surface area contributed by atoms with Crippen LogP contribution in [0.2, 0.25) is 0 Å². The maximum atomic E-state index is 13.0. The minimum Gasteiger partial charge on any atom is -0.475 e. The molecule has 2 aromatic rings. The minimum absolute atomic E-state index is 0.0586. The van der Waals surface area contributed by atoms with Crippen molar-refractivity contribution in [1.29, 1.82) is 0 Å². The Bertz CT molecular complexity index is 1140. The highest BCUT2D eigenvalue weighted by atomic mass is 32.2. The summed E-state index contributed by atoms with van der Waals surface area (Å²) in [4.78, 5) is 12.8. The molecule has 2 heterocycles. The van der Waals surface area contributed by atoms with Crippen LogP contribution < -0.4 is 15.2 Å². The van der Waals surface area contributed by atoms with Crippen LogP contribution in [-0.4, -0.2) is 38.3 Å². The summed E-state index contributed by atoms with van der Waals surface area (Å²) in [5.74, 6) is 0.558. The molecule has 2 aliphatic carbocycles. The number of fused-ring (bicyclic) bond motifs is 3. The average molecular weight is 417 g/mol. The van der Waals surface area contributed by atoms with Crippen molar-refractivity contribution in [2.75, 3.05) is 18.5 Å². The molecule has 0 radical (unpaired) electrons. The number of aromatic nitrogens is 2. The predicted molar refractivity (Wildman–Crippen MR) is 106 cm³/mol. The first-order chi connectivity index (χ1) is 13.9. The highest BCUT2D eigenvalue weighted by molar-refractivity contribution is 7.91. The molecule has 2 amide bonds. The second-order valence-corrected chi connectivity index (χ2v) is 9.68. The largest absolute Gasteiger partial charge is 0.475 e. The molecule has 0 saturated carbocycles. The molecular weight excluding hydrogens is 394 g/mol. The zero-order valence-corrected chi connectivity index (χ0v) is 16.9. The molecule has 0 spiro atoms. The van der Waals surface area contributed by atoms with E-state index in [-0.39, 0.29) is 30.0 Å². The number of rotatable bonds is 3. The number of aliphatic hydroxyl groups excluding tert-OH is 1. The highest BCUT2D eigenvalue weighted by Crippen LogP contribution is 2.45. The Kier molecular flexibility index (Phi) is 4.19. The lowest BCUT2D eigenvalue weighted by atomic mass is 9.75. The number of aliphatic hydroxyl groups is 1. The highest BCUT2D eigenvalue weighted by Gasteiger charge is 2.33. The smallest absolute Gasteiger partial charge is 0.354 e.